The lowest BCUT2D eigenvalue weighted by atomic mass is 10.0. The number of carboxylic acid groups (broad SMARTS) is 1. The molecule has 4 atom stereocenters. The molecule has 4 amide bonds. The number of anilines is 1. The van der Waals surface area contributed by atoms with Crippen molar-refractivity contribution in [3.8, 4) is 0 Å². The molecule has 0 aliphatic carbocycles. The summed E-state index contributed by atoms with van der Waals surface area (Å²) in [5.74, 6) is -3.88. The van der Waals surface area contributed by atoms with Gasteiger partial charge in [0, 0.05) is 47.5 Å². The van der Waals surface area contributed by atoms with E-state index in [1.165, 1.54) is 24.3 Å². The highest BCUT2D eigenvalue weighted by atomic mass is 16.4. The van der Waals surface area contributed by atoms with E-state index in [-0.39, 0.29) is 25.8 Å². The lowest BCUT2D eigenvalue weighted by Crippen LogP contribution is -2.58. The summed E-state index contributed by atoms with van der Waals surface area (Å²) in [5, 5.41) is 17.7. The van der Waals surface area contributed by atoms with Gasteiger partial charge >= 0.3 is 5.97 Å². The van der Waals surface area contributed by atoms with Gasteiger partial charge in [-0.25, -0.2) is 4.98 Å². The predicted octanol–water partition coefficient (Wildman–Crippen LogP) is 0.335. The van der Waals surface area contributed by atoms with Crippen LogP contribution in [0.15, 0.2) is 73.3 Å². The topological polar surface area (TPSA) is 241 Å². The maximum atomic E-state index is 13.9. The number of nitrogens with zero attached hydrogens (tertiary/aromatic N) is 2. The molecule has 0 saturated heterocycles. The van der Waals surface area contributed by atoms with Crippen LogP contribution in [0.2, 0.25) is 1.41 Å². The van der Waals surface area contributed by atoms with Crippen molar-refractivity contribution in [1.29, 1.82) is 0 Å². The van der Waals surface area contributed by atoms with Gasteiger partial charge in [0.1, 0.15) is 26.1 Å². The highest BCUT2D eigenvalue weighted by Gasteiger charge is 2.34. The molecule has 0 saturated carbocycles. The highest BCUT2D eigenvalue weighted by molar-refractivity contribution is 6.04. The van der Waals surface area contributed by atoms with Gasteiger partial charge in [0.15, 0.2) is 0 Å². The fourth-order valence-electron chi connectivity index (χ4n) is 5.29. The molecule has 2 aromatic carbocycles. The predicted molar refractivity (Wildman–Crippen MR) is 178 cm³/mol. The second kappa shape index (κ2) is 16.9. The first-order valence-electron chi connectivity index (χ1n) is 16.0. The number of aromatic nitrogens is 3. The quantitative estimate of drug-likeness (QED) is 0.0732. The van der Waals surface area contributed by atoms with E-state index >= 15 is 0 Å². The van der Waals surface area contributed by atoms with Crippen molar-refractivity contribution < 1.29 is 30.5 Å². The van der Waals surface area contributed by atoms with Crippen LogP contribution in [-0.4, -0.2) is 86.9 Å². The van der Waals surface area contributed by atoms with Gasteiger partial charge in [-0.15, -0.1) is 0 Å². The van der Waals surface area contributed by atoms with Gasteiger partial charge in [-0.1, -0.05) is 36.4 Å². The third kappa shape index (κ3) is 9.27. The number of aliphatic carboxylic acids is 1. The first-order chi connectivity index (χ1) is 23.6. The third-order valence-electron chi connectivity index (χ3n) is 7.79. The Kier molecular flexibility index (Phi) is 11.9. The lowest BCUT2D eigenvalue weighted by Gasteiger charge is -2.32. The van der Waals surface area contributed by atoms with E-state index in [2.05, 4.69) is 36.6 Å². The van der Waals surface area contributed by atoms with E-state index in [0.29, 0.717) is 23.4 Å². The number of rotatable bonds is 18. The van der Waals surface area contributed by atoms with Crippen molar-refractivity contribution in [3.05, 3.63) is 84.6 Å². The Labute approximate surface area is 278 Å². The molecule has 0 aliphatic rings. The zero-order valence-electron chi connectivity index (χ0n) is 27.4. The molecule has 0 unspecified atom stereocenters. The number of amides is 4. The zero-order valence-corrected chi connectivity index (χ0v) is 26.4. The van der Waals surface area contributed by atoms with Crippen LogP contribution in [0.3, 0.4) is 0 Å². The van der Waals surface area contributed by atoms with Crippen LogP contribution < -0.4 is 32.3 Å². The summed E-state index contributed by atoms with van der Waals surface area (Å²) >= 11 is 0. The summed E-state index contributed by atoms with van der Waals surface area (Å²) in [6, 6.07) is 11.4. The third-order valence-corrected chi connectivity index (χ3v) is 7.79. The summed E-state index contributed by atoms with van der Waals surface area (Å²) in [6.45, 7) is 1.07. The highest BCUT2D eigenvalue weighted by Crippen LogP contribution is 2.21. The van der Waals surface area contributed by atoms with E-state index in [4.69, 9.17) is 12.3 Å². The van der Waals surface area contributed by atoms with E-state index in [1.54, 1.807) is 36.5 Å². The van der Waals surface area contributed by atoms with Crippen LogP contribution in [0.4, 0.5) is 5.69 Å². The number of aromatic amines is 2. The van der Waals surface area contributed by atoms with Gasteiger partial charge in [0.2, 0.25) is 23.6 Å². The Hall–Kier alpha value is -5.54. The summed E-state index contributed by atoms with van der Waals surface area (Å²) in [7, 11) is 0. The molecule has 0 fully saturated rings. The molecule has 2 aromatic heterocycles. The number of hydrogen-bond acceptors (Lipinski definition) is 8. The SMILES string of the molecule is [2H]N[C@@H](Cc1cnc[nH]1)C(=O)N(c1ccccc1)[C@@H](C)C(=O)N[C@@H](CCCN)C(=O)N[C@@H](Cc1c[nH]c2ccccc12)C(=O)NCC(=O)O. The van der Waals surface area contributed by atoms with Crippen molar-refractivity contribution in [2.24, 2.45) is 11.5 Å². The molecule has 0 radical (unpaired) electrons. The molecule has 15 heteroatoms. The molecular weight excluding hydrogens is 618 g/mol. The van der Waals surface area contributed by atoms with Gasteiger partial charge < -0.3 is 42.5 Å². The Balaban J connectivity index is 1.56. The maximum Gasteiger partial charge on any atom is 0.322 e. The van der Waals surface area contributed by atoms with Crippen LogP contribution >= 0.6 is 0 Å². The van der Waals surface area contributed by atoms with Crippen LogP contribution in [0.1, 0.15) is 31.0 Å². The number of hydrogen-bond donors (Lipinski definition) is 8. The molecule has 2 heterocycles. The number of benzene rings is 2. The average Bonchev–Trinajstić information content (AvgIpc) is 3.78. The number of para-hydroxylation sites is 2. The molecule has 0 aliphatic heterocycles. The average molecular weight is 661 g/mol. The Morgan fingerprint density at radius 3 is 2.38 bits per heavy atom. The fraction of sp³-hybridized carbons (Fsp3) is 0.333. The number of carboxylic acids is 1. The number of nitrogens with one attached hydrogen (secondary N) is 5. The van der Waals surface area contributed by atoms with Gasteiger partial charge in [0.05, 0.1) is 12.4 Å². The van der Waals surface area contributed by atoms with Crippen LogP contribution in [0.25, 0.3) is 10.9 Å². The molecule has 0 spiro atoms. The van der Waals surface area contributed by atoms with E-state index in [0.717, 1.165) is 10.9 Å². The van der Waals surface area contributed by atoms with E-state index in [9.17, 15) is 24.0 Å². The molecular formula is C33H41N9O6. The molecule has 4 aromatic rings. The Morgan fingerprint density at radius 2 is 1.69 bits per heavy atom. The first kappa shape index (κ1) is 33.8. The zero-order chi connectivity index (χ0) is 35.3. The monoisotopic (exact) mass is 660 g/mol. The smallest absolute Gasteiger partial charge is 0.322 e. The van der Waals surface area contributed by atoms with Crippen molar-refractivity contribution in [1.82, 2.24) is 30.9 Å². The molecule has 48 heavy (non-hydrogen) atoms. The number of fused-ring (bicyclic) bond motifs is 1. The van der Waals surface area contributed by atoms with Crippen molar-refractivity contribution in [2.45, 2.75) is 56.8 Å². The Bertz CT molecular complexity index is 1720. The van der Waals surface area contributed by atoms with Crippen molar-refractivity contribution in [3.63, 3.8) is 0 Å². The maximum absolute atomic E-state index is 13.9. The van der Waals surface area contributed by atoms with Gasteiger partial charge in [-0.2, -0.15) is 0 Å². The second-order valence-electron chi connectivity index (χ2n) is 11.3. The first-order valence-corrected chi connectivity index (χ1v) is 15.5. The number of nitrogens with two attached hydrogens (primary N) is 2. The minimum absolute atomic E-state index is 0.0310. The Morgan fingerprint density at radius 1 is 0.958 bits per heavy atom. The largest absolute Gasteiger partial charge is 0.480 e. The standard InChI is InChI=1S/C33H41N9O6/c1-20(42(23-8-3-2-4-9-23)33(48)25(35)15-22-17-36-19-39-22)30(45)40-27(12-7-13-34)32(47)41-28(31(46)38-18-29(43)44)14-21-16-37-26-11-6-5-10-24(21)26/h2-6,8-11,16-17,19-20,25,27-28,37H,7,12-15,18,34-35H2,1H3,(H,36,39)(H,38,46)(H,40,45)(H,41,47)(H,43,44)/t20-,25-,27-,28-/m0/s1/i/hD. The van der Waals surface area contributed by atoms with Gasteiger partial charge in [-0.3, -0.25) is 28.9 Å². The summed E-state index contributed by atoms with van der Waals surface area (Å²) in [6.07, 6.45) is 5.31. The van der Waals surface area contributed by atoms with Crippen LogP contribution in [0.5, 0.6) is 0 Å². The summed E-state index contributed by atoms with van der Waals surface area (Å²) in [5.41, 5.74) is 10.6. The van der Waals surface area contributed by atoms with Crippen LogP contribution in [0, 0.1) is 0 Å². The molecule has 254 valence electrons. The minimum Gasteiger partial charge on any atom is -0.480 e. The van der Waals surface area contributed by atoms with E-state index < -0.39 is 60.3 Å². The lowest BCUT2D eigenvalue weighted by molar-refractivity contribution is -0.138. The molecule has 4 rings (SSSR count). The van der Waals surface area contributed by atoms with Crippen LogP contribution in [-0.2, 0) is 36.8 Å². The normalized spacial score (nSPS) is 13.8. The fourth-order valence-corrected chi connectivity index (χ4v) is 5.29. The van der Waals surface area contributed by atoms with Crippen molar-refractivity contribution in [2.75, 3.05) is 18.0 Å². The van der Waals surface area contributed by atoms with E-state index in [1.807, 2.05) is 24.3 Å². The molecule has 15 nitrogen and oxygen atoms in total. The summed E-state index contributed by atoms with van der Waals surface area (Å²) < 4.78 is 7.85. The van der Waals surface area contributed by atoms with Gasteiger partial charge in [0.25, 0.3) is 0 Å². The molecule has 10 N–H and O–H groups in total. The number of carbonyl (C=O) groups excluding carboxylic acids is 4. The number of imidazole rings is 1. The van der Waals surface area contributed by atoms with Crippen molar-refractivity contribution >= 4 is 46.2 Å². The number of carbonyl (C=O) groups is 5. The second-order valence-corrected chi connectivity index (χ2v) is 11.3. The minimum atomic E-state index is -1.25. The number of H-pyrrole nitrogens is 2. The molecule has 0 bridgehead atoms. The summed E-state index contributed by atoms with van der Waals surface area (Å²) in [4.78, 5) is 77.0. The van der Waals surface area contributed by atoms with Gasteiger partial charge in [-0.05, 0) is 50.1 Å².